The summed E-state index contributed by atoms with van der Waals surface area (Å²) in [6.45, 7) is 2.13. The number of nitrogens with zero attached hydrogens (tertiary/aromatic N) is 3. The lowest BCUT2D eigenvalue weighted by Gasteiger charge is -2.40. The second kappa shape index (κ2) is 13.4. The number of rotatable bonds is 10. The maximum Gasteiger partial charge on any atom is 0.197 e. The van der Waals surface area contributed by atoms with Gasteiger partial charge in [-0.15, -0.1) is 46.2 Å². The largest absolute Gasteiger partial charge is 0.468 e. The molecule has 0 amide bonds. The number of ketones is 1. The van der Waals surface area contributed by atoms with Crippen LogP contribution in [0.25, 0.3) is 10.4 Å². The number of hydrazine groups is 1. The number of hydrogen-bond acceptors (Lipinski definition) is 10. The van der Waals surface area contributed by atoms with E-state index in [4.69, 9.17) is 4.42 Å². The number of carbonyl (C=O) groups excluding carboxylic acids is 1. The van der Waals surface area contributed by atoms with Crippen LogP contribution in [0.5, 0.6) is 0 Å². The lowest BCUT2D eigenvalue weighted by molar-refractivity contribution is 0.104. The second-order valence-corrected chi connectivity index (χ2v) is 14.2. The molecule has 1 saturated heterocycles. The van der Waals surface area contributed by atoms with Crippen LogP contribution in [0.2, 0.25) is 0 Å². The van der Waals surface area contributed by atoms with Crippen LogP contribution in [0.3, 0.4) is 0 Å². The van der Waals surface area contributed by atoms with Crippen LogP contribution in [0.1, 0.15) is 51.0 Å². The minimum Gasteiger partial charge on any atom is -0.468 e. The Morgan fingerprint density at radius 2 is 2.12 bits per heavy atom. The third-order valence-electron chi connectivity index (χ3n) is 6.73. The maximum absolute atomic E-state index is 13.3. The molecule has 4 aromatic rings. The fourth-order valence-corrected chi connectivity index (χ4v) is 8.84. The van der Waals surface area contributed by atoms with Crippen LogP contribution in [-0.2, 0) is 5.75 Å². The molecule has 1 N–H and O–H groups in total. The first-order valence-electron chi connectivity index (χ1n) is 13.2. The zero-order chi connectivity index (χ0) is 28.9. The molecule has 5 rings (SSSR count). The van der Waals surface area contributed by atoms with E-state index in [2.05, 4.69) is 59.1 Å². The van der Waals surface area contributed by atoms with Gasteiger partial charge in [-0.05, 0) is 49.8 Å². The molecule has 1 aliphatic rings. The molecule has 2 unspecified atom stereocenters. The molecule has 6 nitrogen and oxygen atoms in total. The van der Waals surface area contributed by atoms with Crippen molar-refractivity contribution in [1.82, 2.24) is 10.3 Å². The molecule has 1 aromatic carbocycles. The van der Waals surface area contributed by atoms with Crippen molar-refractivity contribution in [3.8, 4) is 16.5 Å². The molecule has 4 heterocycles. The van der Waals surface area contributed by atoms with Gasteiger partial charge in [-0.3, -0.25) is 9.80 Å². The van der Waals surface area contributed by atoms with Crippen LogP contribution in [-0.4, -0.2) is 36.4 Å². The molecule has 3 aromatic heterocycles. The number of benzene rings is 1. The van der Waals surface area contributed by atoms with Gasteiger partial charge in [0, 0.05) is 47.9 Å². The summed E-state index contributed by atoms with van der Waals surface area (Å²) in [4.78, 5) is 16.6. The van der Waals surface area contributed by atoms with Gasteiger partial charge in [0.2, 0.25) is 0 Å². The molecule has 0 saturated carbocycles. The maximum atomic E-state index is 13.3. The summed E-state index contributed by atoms with van der Waals surface area (Å²) in [7, 11) is 3.77. The summed E-state index contributed by atoms with van der Waals surface area (Å²) in [5.41, 5.74) is 8.62. The van der Waals surface area contributed by atoms with Crippen LogP contribution in [0.15, 0.2) is 75.0 Å². The Kier molecular flexibility index (Phi) is 9.63. The monoisotopic (exact) mass is 620 g/mol. The Morgan fingerprint density at radius 3 is 2.83 bits per heavy atom. The van der Waals surface area contributed by atoms with Gasteiger partial charge in [-0.2, -0.15) is 5.26 Å². The van der Waals surface area contributed by atoms with E-state index in [1.165, 1.54) is 34.2 Å². The fraction of sp³-hybridized carbons (Fsp3) is 0.290. The highest BCUT2D eigenvalue weighted by Gasteiger charge is 2.32. The lowest BCUT2D eigenvalue weighted by atomic mass is 10.1. The van der Waals surface area contributed by atoms with Gasteiger partial charge in [0.05, 0.1) is 38.0 Å². The average molecular weight is 621 g/mol. The summed E-state index contributed by atoms with van der Waals surface area (Å²) >= 11 is 6.39. The van der Waals surface area contributed by atoms with E-state index in [0.29, 0.717) is 10.4 Å². The van der Waals surface area contributed by atoms with Crippen LogP contribution < -0.4 is 10.4 Å². The molecule has 2 atom stereocenters. The highest BCUT2D eigenvalue weighted by Crippen LogP contribution is 2.45. The first-order chi connectivity index (χ1) is 19.9. The van der Waals surface area contributed by atoms with Crippen molar-refractivity contribution in [1.29, 1.82) is 5.26 Å². The predicted molar refractivity (Wildman–Crippen MR) is 174 cm³/mol. The first kappa shape index (κ1) is 29.5. The van der Waals surface area contributed by atoms with E-state index in [0.717, 1.165) is 44.7 Å². The van der Waals surface area contributed by atoms with Gasteiger partial charge >= 0.3 is 0 Å². The summed E-state index contributed by atoms with van der Waals surface area (Å²) < 4.78 is 6.62. The number of anilines is 1. The predicted octanol–water partition coefficient (Wildman–Crippen LogP) is 8.34. The third-order valence-corrected chi connectivity index (χ3v) is 11.3. The Hall–Kier alpha value is -2.94. The molecule has 212 valence electrons. The molecule has 1 aliphatic heterocycles. The quantitative estimate of drug-likeness (QED) is 0.108. The number of carbonyl (C=O) groups is 1. The molecule has 0 spiro atoms. The van der Waals surface area contributed by atoms with Crippen molar-refractivity contribution < 1.29 is 9.21 Å². The van der Waals surface area contributed by atoms with Crippen molar-refractivity contribution in [3.63, 3.8) is 0 Å². The van der Waals surface area contributed by atoms with Gasteiger partial charge in [-0.25, -0.2) is 5.43 Å². The molecule has 0 radical (unpaired) electrons. The number of thioether (sulfide) groups is 2. The van der Waals surface area contributed by atoms with Gasteiger partial charge < -0.3 is 9.32 Å². The zero-order valence-electron chi connectivity index (χ0n) is 23.4. The van der Waals surface area contributed by atoms with Crippen LogP contribution >= 0.6 is 46.2 Å². The van der Waals surface area contributed by atoms with Crippen LogP contribution in [0.4, 0.5) is 5.69 Å². The second-order valence-electron chi connectivity index (χ2n) is 10.00. The number of aryl methyl sites for hydroxylation is 1. The molecule has 41 heavy (non-hydrogen) atoms. The normalized spacial score (nSPS) is 17.2. The summed E-state index contributed by atoms with van der Waals surface area (Å²) in [5.74, 6) is 1.73. The standard InChI is InChI=1S/C31H32N4O2S4/c1-20-7-5-8-21(15-20)18-40-28-11-10-24(26-9-6-14-37-26)33-35(28)22-16-27(39-19-22)29-23(17-32)31(38-4)41-30(29)25(36)12-13-34(2)3/h5-9,12-16,19,24,28,33H,10-11,18H2,1-4H3/b13-12+. The SMILES string of the molecule is CSc1sc(C(=O)/C=C/N(C)C)c(-c2cc(N3NC(c4ccco4)CCC3SCc3cccc(C)c3)cs2)c1C#N. The zero-order valence-corrected chi connectivity index (χ0v) is 26.7. The smallest absolute Gasteiger partial charge is 0.197 e. The van der Waals surface area contributed by atoms with Gasteiger partial charge in [0.1, 0.15) is 11.8 Å². The minimum absolute atomic E-state index is 0.0661. The average Bonchev–Trinajstić information content (AvgIpc) is 3.74. The molecular weight excluding hydrogens is 589 g/mol. The van der Waals surface area contributed by atoms with Crippen LogP contribution in [0, 0.1) is 18.3 Å². The molecule has 0 aliphatic carbocycles. The third kappa shape index (κ3) is 6.76. The van der Waals surface area contributed by atoms with E-state index >= 15 is 0 Å². The van der Waals surface area contributed by atoms with E-state index in [9.17, 15) is 10.1 Å². The highest BCUT2D eigenvalue weighted by atomic mass is 32.2. The Labute approximate surface area is 258 Å². The minimum atomic E-state index is -0.0917. The Morgan fingerprint density at radius 1 is 1.27 bits per heavy atom. The van der Waals surface area contributed by atoms with E-state index < -0.39 is 0 Å². The van der Waals surface area contributed by atoms with E-state index in [-0.39, 0.29) is 17.2 Å². The van der Waals surface area contributed by atoms with E-state index in [1.54, 1.807) is 29.9 Å². The van der Waals surface area contributed by atoms with Crippen molar-refractivity contribution in [2.24, 2.45) is 0 Å². The number of hydrogen-bond donors (Lipinski definition) is 1. The van der Waals surface area contributed by atoms with E-state index in [1.807, 2.05) is 49.1 Å². The number of nitriles is 1. The van der Waals surface area contributed by atoms with Crippen molar-refractivity contribution in [3.05, 3.63) is 93.7 Å². The topological polar surface area (TPSA) is 72.5 Å². The molecule has 10 heteroatoms. The van der Waals surface area contributed by atoms with Gasteiger partial charge in [0.15, 0.2) is 5.78 Å². The van der Waals surface area contributed by atoms with Crippen molar-refractivity contribution in [2.45, 2.75) is 41.1 Å². The van der Waals surface area contributed by atoms with Gasteiger partial charge in [-0.1, -0.05) is 29.8 Å². The Balaban J connectivity index is 1.48. The van der Waals surface area contributed by atoms with Gasteiger partial charge in [0.25, 0.3) is 0 Å². The first-order valence-corrected chi connectivity index (χ1v) is 17.2. The number of allylic oxidation sites excluding steroid dienone is 1. The number of thiophene rings is 2. The fourth-order valence-electron chi connectivity index (χ4n) is 4.78. The number of nitrogens with one attached hydrogen (secondary N) is 1. The van der Waals surface area contributed by atoms with Crippen molar-refractivity contribution in [2.75, 3.05) is 25.4 Å². The summed E-state index contributed by atoms with van der Waals surface area (Å²) in [6, 6.07) is 17.2. The molecular formula is C31H32N4O2S4. The summed E-state index contributed by atoms with van der Waals surface area (Å²) in [5, 5.41) is 14.7. The van der Waals surface area contributed by atoms with Crippen molar-refractivity contribution >= 4 is 57.7 Å². The summed E-state index contributed by atoms with van der Waals surface area (Å²) in [6.07, 6.45) is 8.94. The molecule has 1 fully saturated rings. The Bertz CT molecular complexity index is 1560. The molecule has 0 bridgehead atoms. The lowest BCUT2D eigenvalue weighted by Crippen LogP contribution is -2.50. The highest BCUT2D eigenvalue weighted by molar-refractivity contribution is 8.00. The number of furan rings is 1.